The van der Waals surface area contributed by atoms with E-state index in [4.69, 9.17) is 5.73 Å². The van der Waals surface area contributed by atoms with E-state index in [-0.39, 0.29) is 0 Å². The third kappa shape index (κ3) is 2.82. The molecule has 2 nitrogen and oxygen atoms in total. The average molecular weight is 196 g/mol. The highest BCUT2D eigenvalue weighted by molar-refractivity contribution is 4.98. The van der Waals surface area contributed by atoms with Crippen LogP contribution >= 0.6 is 0 Å². The molecule has 1 rings (SSSR count). The molecule has 0 aromatic carbocycles. The third-order valence-electron chi connectivity index (χ3n) is 3.40. The van der Waals surface area contributed by atoms with Gasteiger partial charge >= 0.3 is 0 Å². The van der Waals surface area contributed by atoms with Crippen LogP contribution in [0.4, 0.5) is 0 Å². The van der Waals surface area contributed by atoms with Crippen LogP contribution in [0.15, 0.2) is 12.2 Å². The second kappa shape index (κ2) is 5.52. The lowest BCUT2D eigenvalue weighted by molar-refractivity contribution is 0.116. The van der Waals surface area contributed by atoms with Crippen LogP contribution in [0.3, 0.4) is 0 Å². The normalized spacial score (nSPS) is 29.1. The second-order valence-corrected chi connectivity index (χ2v) is 4.50. The van der Waals surface area contributed by atoms with Crippen LogP contribution in [0.5, 0.6) is 0 Å². The van der Waals surface area contributed by atoms with Gasteiger partial charge in [0.25, 0.3) is 0 Å². The number of piperidine rings is 1. The summed E-state index contributed by atoms with van der Waals surface area (Å²) in [6, 6.07) is 0.576. The van der Waals surface area contributed by atoms with Gasteiger partial charge in [-0.3, -0.25) is 4.90 Å². The molecular weight excluding hydrogens is 172 g/mol. The van der Waals surface area contributed by atoms with E-state index in [0.717, 1.165) is 25.4 Å². The molecule has 1 aliphatic heterocycles. The van der Waals surface area contributed by atoms with Gasteiger partial charge < -0.3 is 5.73 Å². The van der Waals surface area contributed by atoms with E-state index < -0.39 is 0 Å². The highest BCUT2D eigenvalue weighted by Crippen LogP contribution is 2.23. The zero-order valence-electron chi connectivity index (χ0n) is 9.63. The first kappa shape index (κ1) is 11.7. The first-order valence-corrected chi connectivity index (χ1v) is 5.79. The molecular formula is C12H24N2. The predicted molar refractivity (Wildman–Crippen MR) is 62.2 cm³/mol. The summed E-state index contributed by atoms with van der Waals surface area (Å²) < 4.78 is 0. The molecule has 82 valence electrons. The lowest BCUT2D eigenvalue weighted by Crippen LogP contribution is -2.49. The van der Waals surface area contributed by atoms with E-state index in [2.05, 4.69) is 25.3 Å². The maximum absolute atomic E-state index is 5.83. The smallest absolute Gasteiger partial charge is 0.0247 e. The van der Waals surface area contributed by atoms with Crippen molar-refractivity contribution in [2.45, 2.75) is 39.2 Å². The Kier molecular flexibility index (Phi) is 4.63. The van der Waals surface area contributed by atoms with Gasteiger partial charge in [0.15, 0.2) is 0 Å². The number of nitrogens with zero attached hydrogens (tertiary/aromatic N) is 1. The summed E-state index contributed by atoms with van der Waals surface area (Å²) in [7, 11) is 0. The Balaban J connectivity index is 2.51. The van der Waals surface area contributed by atoms with Crippen LogP contribution in [0.25, 0.3) is 0 Å². The highest BCUT2D eigenvalue weighted by atomic mass is 15.2. The number of hydrogen-bond acceptors (Lipinski definition) is 2. The van der Waals surface area contributed by atoms with Gasteiger partial charge in [0.05, 0.1) is 0 Å². The maximum Gasteiger partial charge on any atom is 0.0247 e. The first-order chi connectivity index (χ1) is 6.69. The van der Waals surface area contributed by atoms with Gasteiger partial charge in [0.1, 0.15) is 0 Å². The highest BCUT2D eigenvalue weighted by Gasteiger charge is 2.26. The van der Waals surface area contributed by atoms with Gasteiger partial charge in [-0.15, -0.1) is 0 Å². The number of rotatable bonds is 4. The molecule has 0 radical (unpaired) electrons. The Morgan fingerprint density at radius 1 is 1.57 bits per heavy atom. The summed E-state index contributed by atoms with van der Waals surface area (Å²) in [6.45, 7) is 11.6. The molecule has 0 aromatic heterocycles. The Bertz CT molecular complexity index is 189. The first-order valence-electron chi connectivity index (χ1n) is 5.79. The molecule has 0 spiro atoms. The summed E-state index contributed by atoms with van der Waals surface area (Å²) in [4.78, 5) is 2.51. The van der Waals surface area contributed by atoms with Crippen molar-refractivity contribution in [3.05, 3.63) is 12.2 Å². The van der Waals surface area contributed by atoms with Crippen molar-refractivity contribution in [1.82, 2.24) is 4.90 Å². The van der Waals surface area contributed by atoms with Crippen molar-refractivity contribution in [3.63, 3.8) is 0 Å². The standard InChI is InChI=1S/C12H24N2/c1-4-10(2)9-14-7-5-6-11(3)12(14)8-13/h11-12H,2,4-9,13H2,1,3H3. The minimum atomic E-state index is 0.576. The molecule has 0 amide bonds. The van der Waals surface area contributed by atoms with Crippen LogP contribution in [0.1, 0.15) is 33.1 Å². The molecule has 1 fully saturated rings. The summed E-state index contributed by atoms with van der Waals surface area (Å²) in [5.74, 6) is 0.749. The molecule has 2 atom stereocenters. The number of likely N-dealkylation sites (tertiary alicyclic amines) is 1. The second-order valence-electron chi connectivity index (χ2n) is 4.50. The number of nitrogens with two attached hydrogens (primary N) is 1. The average Bonchev–Trinajstić information content (AvgIpc) is 2.18. The SMILES string of the molecule is C=C(CC)CN1CCCC(C)C1CN. The molecule has 0 bridgehead atoms. The molecule has 0 aromatic rings. The summed E-state index contributed by atoms with van der Waals surface area (Å²) in [5.41, 5.74) is 7.16. The van der Waals surface area contributed by atoms with E-state index in [1.54, 1.807) is 0 Å². The van der Waals surface area contributed by atoms with Crippen LogP contribution in [0, 0.1) is 5.92 Å². The molecule has 0 saturated carbocycles. The molecule has 1 saturated heterocycles. The predicted octanol–water partition coefficient (Wildman–Crippen LogP) is 2.01. The Morgan fingerprint density at radius 3 is 2.86 bits per heavy atom. The van der Waals surface area contributed by atoms with E-state index in [0.29, 0.717) is 6.04 Å². The lowest BCUT2D eigenvalue weighted by atomic mass is 9.90. The molecule has 2 N–H and O–H groups in total. The Hall–Kier alpha value is -0.340. The third-order valence-corrected chi connectivity index (χ3v) is 3.40. The fourth-order valence-electron chi connectivity index (χ4n) is 2.31. The molecule has 2 unspecified atom stereocenters. The van der Waals surface area contributed by atoms with Crippen molar-refractivity contribution in [2.24, 2.45) is 11.7 Å². The Morgan fingerprint density at radius 2 is 2.29 bits per heavy atom. The monoisotopic (exact) mass is 196 g/mol. The quantitative estimate of drug-likeness (QED) is 0.697. The van der Waals surface area contributed by atoms with Crippen molar-refractivity contribution < 1.29 is 0 Å². The fraction of sp³-hybridized carbons (Fsp3) is 0.833. The van der Waals surface area contributed by atoms with E-state index in [9.17, 15) is 0 Å². The van der Waals surface area contributed by atoms with Crippen molar-refractivity contribution in [1.29, 1.82) is 0 Å². The largest absolute Gasteiger partial charge is 0.329 e. The minimum Gasteiger partial charge on any atom is -0.329 e. The van der Waals surface area contributed by atoms with Crippen molar-refractivity contribution in [3.8, 4) is 0 Å². The van der Waals surface area contributed by atoms with Gasteiger partial charge in [-0.1, -0.05) is 26.0 Å². The Labute approximate surface area is 88.2 Å². The van der Waals surface area contributed by atoms with Crippen LogP contribution < -0.4 is 5.73 Å². The fourth-order valence-corrected chi connectivity index (χ4v) is 2.31. The van der Waals surface area contributed by atoms with Gasteiger partial charge in [-0.25, -0.2) is 0 Å². The zero-order valence-corrected chi connectivity index (χ0v) is 9.63. The van der Waals surface area contributed by atoms with E-state index in [1.165, 1.54) is 25.0 Å². The van der Waals surface area contributed by atoms with Gasteiger partial charge in [0, 0.05) is 19.1 Å². The van der Waals surface area contributed by atoms with Crippen molar-refractivity contribution >= 4 is 0 Å². The summed E-state index contributed by atoms with van der Waals surface area (Å²) in [5, 5.41) is 0. The molecule has 2 heteroatoms. The van der Waals surface area contributed by atoms with Crippen LogP contribution in [-0.2, 0) is 0 Å². The lowest BCUT2D eigenvalue weighted by Gasteiger charge is -2.39. The van der Waals surface area contributed by atoms with Gasteiger partial charge in [0.2, 0.25) is 0 Å². The molecule has 0 aliphatic carbocycles. The number of hydrogen-bond donors (Lipinski definition) is 1. The van der Waals surface area contributed by atoms with Gasteiger partial charge in [-0.2, -0.15) is 0 Å². The zero-order chi connectivity index (χ0) is 10.6. The topological polar surface area (TPSA) is 29.3 Å². The minimum absolute atomic E-state index is 0.576. The van der Waals surface area contributed by atoms with E-state index >= 15 is 0 Å². The molecule has 1 aliphatic rings. The van der Waals surface area contributed by atoms with Crippen molar-refractivity contribution in [2.75, 3.05) is 19.6 Å². The van der Waals surface area contributed by atoms with Crippen LogP contribution in [0.2, 0.25) is 0 Å². The van der Waals surface area contributed by atoms with E-state index in [1.807, 2.05) is 0 Å². The summed E-state index contributed by atoms with van der Waals surface area (Å²) >= 11 is 0. The molecule has 14 heavy (non-hydrogen) atoms. The van der Waals surface area contributed by atoms with Crippen LogP contribution in [-0.4, -0.2) is 30.6 Å². The maximum atomic E-state index is 5.83. The molecule has 1 heterocycles. The summed E-state index contributed by atoms with van der Waals surface area (Å²) in [6.07, 6.45) is 3.73. The van der Waals surface area contributed by atoms with Gasteiger partial charge in [-0.05, 0) is 31.7 Å².